The van der Waals surface area contributed by atoms with Gasteiger partial charge in [0, 0.05) is 12.8 Å². The first-order chi connectivity index (χ1) is 44.5. The summed E-state index contributed by atoms with van der Waals surface area (Å²) < 4.78 is 5.48. The largest absolute Gasteiger partial charge is 0.466 e. The van der Waals surface area contributed by atoms with Crippen molar-refractivity contribution in [2.45, 2.75) is 463 Å². The Morgan fingerprint density at radius 3 is 0.878 bits per heavy atom. The van der Waals surface area contributed by atoms with Crippen LogP contribution in [0.2, 0.25) is 0 Å². The van der Waals surface area contributed by atoms with Gasteiger partial charge in [-0.3, -0.25) is 9.59 Å². The molecule has 2 unspecified atom stereocenters. The number of nitrogens with one attached hydrogen (secondary N) is 1. The van der Waals surface area contributed by atoms with Crippen LogP contribution in [0, 0.1) is 0 Å². The third-order valence-corrected chi connectivity index (χ3v) is 19.1. The zero-order valence-corrected chi connectivity index (χ0v) is 60.9. The van der Waals surface area contributed by atoms with Gasteiger partial charge in [0.1, 0.15) is 0 Å². The van der Waals surface area contributed by atoms with E-state index >= 15 is 0 Å². The molecule has 6 heteroatoms. The van der Waals surface area contributed by atoms with Gasteiger partial charge in [-0.05, 0) is 89.9 Å². The van der Waals surface area contributed by atoms with Gasteiger partial charge in [-0.1, -0.05) is 396 Å². The maximum atomic E-state index is 12.6. The summed E-state index contributed by atoms with van der Waals surface area (Å²) in [6, 6.07) is -0.627. The third kappa shape index (κ3) is 74.9. The molecule has 0 saturated heterocycles. The molecular formula is C84H159NO5. The van der Waals surface area contributed by atoms with E-state index in [4.69, 9.17) is 4.74 Å². The lowest BCUT2D eigenvalue weighted by molar-refractivity contribution is -0.143. The maximum absolute atomic E-state index is 12.6. The lowest BCUT2D eigenvalue weighted by Gasteiger charge is -2.20. The number of rotatable bonds is 77. The molecule has 3 N–H and O–H groups in total. The Bertz CT molecular complexity index is 1500. The number of carbonyl (C=O) groups excluding carboxylic acids is 2. The number of hydrogen-bond donors (Lipinski definition) is 3. The molecule has 0 radical (unpaired) electrons. The topological polar surface area (TPSA) is 95.9 Å². The Morgan fingerprint density at radius 2 is 0.556 bits per heavy atom. The van der Waals surface area contributed by atoms with Gasteiger partial charge >= 0.3 is 5.97 Å². The van der Waals surface area contributed by atoms with E-state index in [9.17, 15) is 19.8 Å². The summed E-state index contributed by atoms with van der Waals surface area (Å²) in [5, 5.41) is 23.3. The van der Waals surface area contributed by atoms with Crippen LogP contribution in [-0.4, -0.2) is 47.4 Å². The molecule has 90 heavy (non-hydrogen) atoms. The highest BCUT2D eigenvalue weighted by molar-refractivity contribution is 5.76. The van der Waals surface area contributed by atoms with Crippen molar-refractivity contribution >= 4 is 11.9 Å². The molecule has 1 amide bonds. The van der Waals surface area contributed by atoms with Gasteiger partial charge in [-0.2, -0.15) is 0 Å². The number of esters is 1. The number of aliphatic hydroxyl groups is 2. The molecule has 0 aromatic rings. The van der Waals surface area contributed by atoms with Crippen molar-refractivity contribution in [3.63, 3.8) is 0 Å². The molecule has 2 atom stereocenters. The average Bonchev–Trinajstić information content (AvgIpc) is 3.65. The summed E-state index contributed by atoms with van der Waals surface area (Å²) in [6.07, 6.45) is 105. The first-order valence-corrected chi connectivity index (χ1v) is 40.9. The fourth-order valence-electron chi connectivity index (χ4n) is 12.8. The first kappa shape index (κ1) is 87.8. The summed E-state index contributed by atoms with van der Waals surface area (Å²) in [4.78, 5) is 24.6. The third-order valence-electron chi connectivity index (χ3n) is 19.1. The van der Waals surface area contributed by atoms with E-state index in [-0.39, 0.29) is 18.5 Å². The minimum absolute atomic E-state index is 0.0104. The van der Waals surface area contributed by atoms with Crippen LogP contribution in [0.25, 0.3) is 0 Å². The average molecular weight is 1260 g/mol. The van der Waals surface area contributed by atoms with Crippen LogP contribution < -0.4 is 5.32 Å². The van der Waals surface area contributed by atoms with Gasteiger partial charge in [0.15, 0.2) is 0 Å². The molecule has 0 rings (SSSR count). The number of hydrogen-bond acceptors (Lipinski definition) is 5. The van der Waals surface area contributed by atoms with Crippen molar-refractivity contribution in [3.8, 4) is 0 Å². The van der Waals surface area contributed by atoms with Crippen LogP contribution in [0.3, 0.4) is 0 Å². The molecule has 0 aromatic heterocycles. The summed E-state index contributed by atoms with van der Waals surface area (Å²) in [6.45, 7) is 4.92. The number of aliphatic hydroxyl groups excluding tert-OH is 2. The predicted octanol–water partition coefficient (Wildman–Crippen LogP) is 27.2. The summed E-state index contributed by atoms with van der Waals surface area (Å²) in [5.74, 6) is -0.0500. The number of allylic oxidation sites excluding steroid dienone is 7. The molecular weight excluding hydrogens is 1100 g/mol. The molecule has 0 aromatic carbocycles. The van der Waals surface area contributed by atoms with E-state index in [0.29, 0.717) is 19.4 Å². The Hall–Kier alpha value is -2.18. The van der Waals surface area contributed by atoms with Crippen molar-refractivity contribution in [1.82, 2.24) is 5.32 Å². The van der Waals surface area contributed by atoms with Gasteiger partial charge in [0.2, 0.25) is 5.91 Å². The van der Waals surface area contributed by atoms with Crippen LogP contribution >= 0.6 is 0 Å². The van der Waals surface area contributed by atoms with E-state index in [1.54, 1.807) is 6.08 Å². The van der Waals surface area contributed by atoms with E-state index < -0.39 is 12.1 Å². The van der Waals surface area contributed by atoms with Crippen molar-refractivity contribution in [1.29, 1.82) is 0 Å². The fourth-order valence-corrected chi connectivity index (χ4v) is 12.8. The minimum atomic E-state index is -0.844. The van der Waals surface area contributed by atoms with Crippen LogP contribution in [-0.2, 0) is 14.3 Å². The summed E-state index contributed by atoms with van der Waals surface area (Å²) in [7, 11) is 0. The molecule has 0 saturated carbocycles. The zero-order chi connectivity index (χ0) is 64.9. The van der Waals surface area contributed by atoms with Gasteiger partial charge in [-0.25, -0.2) is 0 Å². The van der Waals surface area contributed by atoms with Crippen molar-refractivity contribution < 1.29 is 24.5 Å². The summed E-state index contributed by atoms with van der Waals surface area (Å²) >= 11 is 0. The standard InChI is InChI=1S/C84H159NO5/c1-3-5-7-9-11-13-15-17-18-19-20-21-41-44-47-50-53-56-60-64-68-72-76-82(87)81(80-86)85-83(88)77-73-69-65-61-57-54-51-48-45-42-39-37-35-33-31-29-27-25-23-22-24-26-28-30-32-34-36-38-40-43-46-49-52-55-59-63-67-71-75-79-90-84(89)78-74-70-66-62-58-16-14-12-10-8-6-4-2/h12,14,22-23,26,28,72,76,81-82,86-87H,3-11,13,15-21,24-25,27,29-71,73-75,77-80H2,1-2H3,(H,85,88)/b14-12-,23-22-,28-26-,76-72+. The van der Waals surface area contributed by atoms with E-state index in [2.05, 4.69) is 55.6 Å². The second kappa shape index (κ2) is 79.3. The molecule has 0 aliphatic heterocycles. The second-order valence-corrected chi connectivity index (χ2v) is 28.1. The van der Waals surface area contributed by atoms with Gasteiger partial charge < -0.3 is 20.3 Å². The predicted molar refractivity (Wildman–Crippen MR) is 398 cm³/mol. The number of ether oxygens (including phenoxy) is 1. The van der Waals surface area contributed by atoms with E-state index in [1.165, 1.54) is 372 Å². The normalized spacial score (nSPS) is 12.7. The smallest absolute Gasteiger partial charge is 0.305 e. The van der Waals surface area contributed by atoms with E-state index in [1.807, 2.05) is 6.08 Å². The highest BCUT2D eigenvalue weighted by atomic mass is 16.5. The van der Waals surface area contributed by atoms with Crippen LogP contribution in [0.5, 0.6) is 0 Å². The fraction of sp³-hybridized carbons (Fsp3) is 0.881. The Balaban J connectivity index is 3.38. The first-order valence-electron chi connectivity index (χ1n) is 40.9. The van der Waals surface area contributed by atoms with Gasteiger partial charge in [0.25, 0.3) is 0 Å². The highest BCUT2D eigenvalue weighted by Gasteiger charge is 2.18. The molecule has 0 heterocycles. The van der Waals surface area contributed by atoms with Crippen LogP contribution in [0.1, 0.15) is 450 Å². The highest BCUT2D eigenvalue weighted by Crippen LogP contribution is 2.20. The number of amides is 1. The molecule has 0 fully saturated rings. The Morgan fingerprint density at radius 1 is 0.311 bits per heavy atom. The SMILES string of the molecule is CCCCC/C=C\CCCCCCCC(=O)OCCCCCCCCCCCCCCCCC/C=C\C/C=C\CCCCCCCCCCCCCCCCCCCC(=O)NC(CO)C(O)/C=C/CCCCCCCCCCCCCCCCCCCCCC. The monoisotopic (exact) mass is 1260 g/mol. The second-order valence-electron chi connectivity index (χ2n) is 28.1. The molecule has 6 nitrogen and oxygen atoms in total. The maximum Gasteiger partial charge on any atom is 0.305 e. The minimum Gasteiger partial charge on any atom is -0.466 e. The van der Waals surface area contributed by atoms with Crippen LogP contribution in [0.15, 0.2) is 48.6 Å². The Kier molecular flexibility index (Phi) is 77.3. The summed E-state index contributed by atoms with van der Waals surface area (Å²) in [5.41, 5.74) is 0. The molecule has 0 aliphatic rings. The van der Waals surface area contributed by atoms with Crippen molar-refractivity contribution in [2.24, 2.45) is 0 Å². The lowest BCUT2D eigenvalue weighted by Crippen LogP contribution is -2.45. The number of carbonyl (C=O) groups is 2. The molecule has 530 valence electrons. The van der Waals surface area contributed by atoms with Gasteiger partial charge in [-0.15, -0.1) is 0 Å². The van der Waals surface area contributed by atoms with Crippen LogP contribution in [0.4, 0.5) is 0 Å². The Labute approximate surface area is 563 Å². The quantitative estimate of drug-likeness (QED) is 0.0320. The van der Waals surface area contributed by atoms with Crippen molar-refractivity contribution in [2.75, 3.05) is 13.2 Å². The van der Waals surface area contributed by atoms with E-state index in [0.717, 1.165) is 51.4 Å². The molecule has 0 spiro atoms. The number of unbranched alkanes of at least 4 members (excludes halogenated alkanes) is 60. The molecule has 0 bridgehead atoms. The zero-order valence-electron chi connectivity index (χ0n) is 60.9. The molecule has 0 aliphatic carbocycles. The van der Waals surface area contributed by atoms with Crippen molar-refractivity contribution in [3.05, 3.63) is 48.6 Å². The lowest BCUT2D eigenvalue weighted by atomic mass is 10.0. The van der Waals surface area contributed by atoms with Gasteiger partial charge in [0.05, 0.1) is 25.4 Å².